The predicted octanol–water partition coefficient (Wildman–Crippen LogP) is 18.4. The van der Waals surface area contributed by atoms with Gasteiger partial charge in [-0.15, -0.1) is 0 Å². The number of aromatic nitrogens is 2. The molecule has 12 aromatic rings. The fourth-order valence-corrected chi connectivity index (χ4v) is 12.7. The van der Waals surface area contributed by atoms with Gasteiger partial charge in [-0.1, -0.05) is 193 Å². The fraction of sp³-hybridized carbons (Fsp3) is 0.130. The number of fused-ring (bicyclic) bond motifs is 12. The van der Waals surface area contributed by atoms with E-state index in [4.69, 9.17) is 0 Å². The molecule has 2 nitrogen and oxygen atoms in total. The van der Waals surface area contributed by atoms with Crippen LogP contribution in [0.4, 0.5) is 0 Å². The summed E-state index contributed by atoms with van der Waals surface area (Å²) in [6.45, 7) is 11.8. The molecule has 71 heavy (non-hydrogen) atoms. The summed E-state index contributed by atoms with van der Waals surface area (Å²) in [6, 6.07) is 80.4. The molecule has 0 saturated carbocycles. The van der Waals surface area contributed by atoms with Crippen LogP contribution in [0.1, 0.15) is 68.9 Å². The van der Waals surface area contributed by atoms with E-state index in [1.165, 1.54) is 127 Å². The van der Waals surface area contributed by atoms with Gasteiger partial charge in [0, 0.05) is 43.7 Å². The average Bonchev–Trinajstić information content (AvgIpc) is 4.05. The van der Waals surface area contributed by atoms with E-state index in [9.17, 15) is 0 Å². The molecule has 0 N–H and O–H groups in total. The minimum absolute atomic E-state index is 0.100. The molecule has 2 aliphatic carbocycles. The maximum absolute atomic E-state index is 2.51. The van der Waals surface area contributed by atoms with Gasteiger partial charge in [0.1, 0.15) is 0 Å². The Morgan fingerprint density at radius 3 is 1.15 bits per heavy atom. The molecule has 0 radical (unpaired) electrons. The fourth-order valence-electron chi connectivity index (χ4n) is 12.7. The highest BCUT2D eigenvalue weighted by Gasteiger charge is 2.37. The van der Waals surface area contributed by atoms with Crippen LogP contribution in [0.5, 0.6) is 0 Å². The van der Waals surface area contributed by atoms with Gasteiger partial charge < -0.3 is 9.13 Å². The van der Waals surface area contributed by atoms with Crippen molar-refractivity contribution >= 4 is 43.6 Å². The molecule has 14 rings (SSSR count). The third-order valence-electron chi connectivity index (χ3n) is 16.5. The van der Waals surface area contributed by atoms with Gasteiger partial charge in [0.25, 0.3) is 0 Å². The highest BCUT2D eigenvalue weighted by Crippen LogP contribution is 2.53. The van der Waals surface area contributed by atoms with Gasteiger partial charge in [-0.05, 0) is 151 Å². The van der Waals surface area contributed by atoms with Crippen molar-refractivity contribution in [3.63, 3.8) is 0 Å². The van der Waals surface area contributed by atoms with Crippen molar-refractivity contribution in [3.8, 4) is 67.0 Å². The molecule has 0 atom stereocenters. The molecular formula is C69H54N2. The smallest absolute Gasteiger partial charge is 0.0547 e. The summed E-state index contributed by atoms with van der Waals surface area (Å²) >= 11 is 0. The minimum atomic E-state index is -0.102. The van der Waals surface area contributed by atoms with Gasteiger partial charge in [-0.3, -0.25) is 0 Å². The molecular weight excluding hydrogens is 857 g/mol. The molecule has 10 aromatic carbocycles. The molecule has 0 fully saturated rings. The van der Waals surface area contributed by atoms with E-state index >= 15 is 0 Å². The Balaban J connectivity index is 0.888. The third-order valence-corrected chi connectivity index (χ3v) is 16.5. The normalized spacial score (nSPS) is 14.0. The lowest BCUT2D eigenvalue weighted by atomic mass is 9.82. The minimum Gasteiger partial charge on any atom is -0.309 e. The second-order valence-corrected chi connectivity index (χ2v) is 21.2. The molecule has 0 saturated heterocycles. The SMILES string of the molecule is CCCc1ccc(-c2ccc3c4cc5c(cc4n(-c4ccc(-c6ccc(-n7c8cc(-c9ccccc9)ccc8c8cc9c(cc87)C(C)(C)c7ccccc7-9)cc6)cc4)c3c2)C(C)(C)c2ccccc2-5)cc1. The van der Waals surface area contributed by atoms with E-state index in [-0.39, 0.29) is 10.8 Å². The van der Waals surface area contributed by atoms with Crippen LogP contribution in [-0.4, -0.2) is 9.13 Å². The van der Waals surface area contributed by atoms with Crippen LogP contribution < -0.4 is 0 Å². The average molecular weight is 911 g/mol. The zero-order chi connectivity index (χ0) is 47.8. The number of hydrogen-bond acceptors (Lipinski definition) is 0. The molecule has 2 heterocycles. The summed E-state index contributed by atoms with van der Waals surface area (Å²) in [5.74, 6) is 0. The lowest BCUT2D eigenvalue weighted by molar-refractivity contribution is 0.661. The maximum Gasteiger partial charge on any atom is 0.0547 e. The van der Waals surface area contributed by atoms with Crippen molar-refractivity contribution in [3.05, 3.63) is 240 Å². The first-order chi connectivity index (χ1) is 34.7. The first-order valence-electron chi connectivity index (χ1n) is 25.5. The molecule has 2 aromatic heterocycles. The maximum atomic E-state index is 2.51. The number of aryl methyl sites for hydroxylation is 1. The molecule has 0 spiro atoms. The van der Waals surface area contributed by atoms with E-state index in [0.29, 0.717) is 0 Å². The van der Waals surface area contributed by atoms with Gasteiger partial charge >= 0.3 is 0 Å². The quantitative estimate of drug-likeness (QED) is 0.151. The molecule has 340 valence electrons. The largest absolute Gasteiger partial charge is 0.309 e. The van der Waals surface area contributed by atoms with Gasteiger partial charge in [0.2, 0.25) is 0 Å². The van der Waals surface area contributed by atoms with Gasteiger partial charge in [-0.2, -0.15) is 0 Å². The first kappa shape index (κ1) is 41.7. The summed E-state index contributed by atoms with van der Waals surface area (Å²) in [4.78, 5) is 0. The first-order valence-corrected chi connectivity index (χ1v) is 25.5. The monoisotopic (exact) mass is 910 g/mol. The van der Waals surface area contributed by atoms with Gasteiger partial charge in [-0.25, -0.2) is 0 Å². The molecule has 2 aliphatic rings. The van der Waals surface area contributed by atoms with E-state index in [1.807, 2.05) is 0 Å². The number of benzene rings is 10. The summed E-state index contributed by atoms with van der Waals surface area (Å²) < 4.78 is 5.00. The second kappa shape index (κ2) is 15.4. The second-order valence-electron chi connectivity index (χ2n) is 21.2. The lowest BCUT2D eigenvalue weighted by Gasteiger charge is -2.21. The van der Waals surface area contributed by atoms with Crippen LogP contribution in [0.15, 0.2) is 212 Å². The van der Waals surface area contributed by atoms with Crippen molar-refractivity contribution in [2.24, 2.45) is 0 Å². The topological polar surface area (TPSA) is 9.86 Å². The standard InChI is InChI=1S/C69H54N2/c1-6-14-43-21-23-47(24-22-43)49-30-36-55-59-40-57-53-18-11-13-20-61(53)69(4,5)63(57)42-67(59)71(65(55)38-49)51-33-27-46(28-34-51)45-25-31-50(32-26-45)70-64-37-48(44-15-8-7-9-16-44)29-35-54(64)58-39-56-52-17-10-12-19-60(52)68(2,3)62(56)41-66(58)70/h7-13,15-42H,6,14H2,1-5H3. The van der Waals surface area contributed by atoms with Crippen LogP contribution in [0.25, 0.3) is 111 Å². The van der Waals surface area contributed by atoms with Crippen molar-refractivity contribution in [2.45, 2.75) is 58.3 Å². The molecule has 0 aliphatic heterocycles. The Morgan fingerprint density at radius 2 is 0.690 bits per heavy atom. The van der Waals surface area contributed by atoms with Crippen LogP contribution in [0, 0.1) is 0 Å². The van der Waals surface area contributed by atoms with Crippen molar-refractivity contribution in [1.29, 1.82) is 0 Å². The number of nitrogens with zero attached hydrogens (tertiary/aromatic N) is 2. The van der Waals surface area contributed by atoms with Crippen molar-refractivity contribution < 1.29 is 0 Å². The van der Waals surface area contributed by atoms with Gasteiger partial charge in [0.05, 0.1) is 22.1 Å². The highest BCUT2D eigenvalue weighted by atomic mass is 15.0. The Kier molecular flexibility index (Phi) is 9.05. The van der Waals surface area contributed by atoms with Crippen LogP contribution >= 0.6 is 0 Å². The van der Waals surface area contributed by atoms with Crippen molar-refractivity contribution in [1.82, 2.24) is 9.13 Å². The zero-order valence-corrected chi connectivity index (χ0v) is 41.0. The molecule has 0 amide bonds. The van der Waals surface area contributed by atoms with Crippen molar-refractivity contribution in [2.75, 3.05) is 0 Å². The zero-order valence-electron chi connectivity index (χ0n) is 41.0. The Bertz CT molecular complexity index is 4120. The van der Waals surface area contributed by atoms with Crippen LogP contribution in [0.2, 0.25) is 0 Å². The van der Waals surface area contributed by atoms with Gasteiger partial charge in [0.15, 0.2) is 0 Å². The number of rotatable bonds is 7. The highest BCUT2D eigenvalue weighted by molar-refractivity contribution is 6.14. The summed E-state index contributed by atoms with van der Waals surface area (Å²) in [5.41, 5.74) is 26.7. The van der Waals surface area contributed by atoms with Crippen LogP contribution in [0.3, 0.4) is 0 Å². The molecule has 0 unspecified atom stereocenters. The number of hydrogen-bond donors (Lipinski definition) is 0. The van der Waals surface area contributed by atoms with Crippen LogP contribution in [-0.2, 0) is 17.3 Å². The van der Waals surface area contributed by atoms with E-state index < -0.39 is 0 Å². The summed E-state index contributed by atoms with van der Waals surface area (Å²) in [6.07, 6.45) is 2.25. The summed E-state index contributed by atoms with van der Waals surface area (Å²) in [7, 11) is 0. The van der Waals surface area contributed by atoms with E-state index in [1.54, 1.807) is 0 Å². The molecule has 2 heteroatoms. The van der Waals surface area contributed by atoms with E-state index in [0.717, 1.165) is 24.2 Å². The summed E-state index contributed by atoms with van der Waals surface area (Å²) in [5, 5.41) is 5.11. The Morgan fingerprint density at radius 1 is 0.310 bits per heavy atom. The predicted molar refractivity (Wildman–Crippen MR) is 301 cm³/mol. The Labute approximate surface area is 416 Å². The molecule has 0 bridgehead atoms. The lowest BCUT2D eigenvalue weighted by Crippen LogP contribution is -2.15. The third kappa shape index (κ3) is 6.20. The Hall–Kier alpha value is -8.20. The van der Waals surface area contributed by atoms with E-state index in [2.05, 4.69) is 256 Å².